The first-order chi connectivity index (χ1) is 11.0. The first-order valence-electron chi connectivity index (χ1n) is 6.51. The van der Waals surface area contributed by atoms with Crippen molar-refractivity contribution in [2.24, 2.45) is 0 Å². The van der Waals surface area contributed by atoms with Gasteiger partial charge in [-0.3, -0.25) is 0 Å². The van der Waals surface area contributed by atoms with E-state index in [1.807, 2.05) is 0 Å². The van der Waals surface area contributed by atoms with Crippen molar-refractivity contribution in [3.05, 3.63) is 65.2 Å². The highest BCUT2D eigenvalue weighted by Gasteiger charge is 2.23. The Morgan fingerprint density at radius 2 is 1.57 bits per heavy atom. The first-order valence-corrected chi connectivity index (χ1v) is 6.51. The topological polar surface area (TPSA) is 46.3 Å². The normalized spacial score (nSPS) is 11.0. The van der Waals surface area contributed by atoms with Gasteiger partial charge in [0.15, 0.2) is 5.76 Å². The quantitative estimate of drug-likeness (QED) is 0.740. The summed E-state index contributed by atoms with van der Waals surface area (Å²) in [5.74, 6) is -3.68. The number of hydrogen-bond donors (Lipinski definition) is 1. The van der Waals surface area contributed by atoms with Crippen LogP contribution >= 0.6 is 0 Å². The fourth-order valence-corrected chi connectivity index (χ4v) is 2.29. The average molecular weight is 323 g/mol. The molecule has 3 rings (SSSR count). The van der Waals surface area contributed by atoms with E-state index >= 15 is 0 Å². The van der Waals surface area contributed by atoms with Gasteiger partial charge < -0.3 is 9.63 Å². The van der Waals surface area contributed by atoms with E-state index in [1.165, 1.54) is 6.07 Å². The van der Waals surface area contributed by atoms with E-state index in [2.05, 4.69) is 5.16 Å². The van der Waals surface area contributed by atoms with Gasteiger partial charge in [0, 0.05) is 11.6 Å². The lowest BCUT2D eigenvalue weighted by Crippen LogP contribution is -1.95. The number of aliphatic hydroxyl groups is 1. The van der Waals surface area contributed by atoms with Gasteiger partial charge in [-0.1, -0.05) is 11.2 Å². The zero-order chi connectivity index (χ0) is 16.6. The molecule has 1 N–H and O–H groups in total. The Morgan fingerprint density at radius 3 is 2.13 bits per heavy atom. The van der Waals surface area contributed by atoms with Crippen LogP contribution in [0.2, 0.25) is 0 Å². The number of hydrogen-bond acceptors (Lipinski definition) is 3. The van der Waals surface area contributed by atoms with E-state index in [9.17, 15) is 22.7 Å². The Bertz CT molecular complexity index is 836. The fraction of sp³-hybridized carbons (Fsp3) is 0.0625. The highest BCUT2D eigenvalue weighted by Crippen LogP contribution is 2.35. The molecule has 3 aromatic rings. The molecule has 0 fully saturated rings. The first kappa shape index (κ1) is 15.2. The number of nitrogens with zero attached hydrogens (tertiary/aromatic N) is 1. The van der Waals surface area contributed by atoms with Crippen molar-refractivity contribution in [1.29, 1.82) is 0 Å². The zero-order valence-electron chi connectivity index (χ0n) is 11.5. The van der Waals surface area contributed by atoms with Crippen molar-refractivity contribution >= 4 is 0 Å². The number of aliphatic hydroxyl groups excluding tert-OH is 1. The SMILES string of the molecule is OCc1c(-c2c(F)cccc2F)noc1-c1cc(F)cc(F)c1. The van der Waals surface area contributed by atoms with Crippen LogP contribution in [0.25, 0.3) is 22.6 Å². The minimum absolute atomic E-state index is 0.0398. The maximum atomic E-state index is 13.9. The van der Waals surface area contributed by atoms with Crippen molar-refractivity contribution in [2.45, 2.75) is 6.61 Å². The second kappa shape index (κ2) is 5.85. The lowest BCUT2D eigenvalue weighted by molar-refractivity contribution is 0.281. The monoisotopic (exact) mass is 323 g/mol. The van der Waals surface area contributed by atoms with Crippen molar-refractivity contribution < 1.29 is 27.2 Å². The van der Waals surface area contributed by atoms with Crippen LogP contribution in [0, 0.1) is 23.3 Å². The van der Waals surface area contributed by atoms with E-state index in [0.29, 0.717) is 6.07 Å². The smallest absolute Gasteiger partial charge is 0.173 e. The Morgan fingerprint density at radius 1 is 0.957 bits per heavy atom. The maximum Gasteiger partial charge on any atom is 0.173 e. The van der Waals surface area contributed by atoms with Crippen molar-refractivity contribution in [3.63, 3.8) is 0 Å². The summed E-state index contributed by atoms with van der Waals surface area (Å²) < 4.78 is 59.4. The predicted octanol–water partition coefficient (Wildman–Crippen LogP) is 4.06. The number of benzene rings is 2. The molecule has 1 heterocycles. The second-order valence-electron chi connectivity index (χ2n) is 4.75. The molecule has 0 bridgehead atoms. The Kier molecular flexibility index (Phi) is 3.87. The summed E-state index contributed by atoms with van der Waals surface area (Å²) in [5.41, 5.74) is -0.854. The highest BCUT2D eigenvalue weighted by atomic mass is 19.1. The number of aromatic nitrogens is 1. The lowest BCUT2D eigenvalue weighted by atomic mass is 10.0. The van der Waals surface area contributed by atoms with Gasteiger partial charge in [-0.2, -0.15) is 0 Å². The fourth-order valence-electron chi connectivity index (χ4n) is 2.29. The molecule has 0 amide bonds. The second-order valence-corrected chi connectivity index (χ2v) is 4.75. The molecule has 0 unspecified atom stereocenters. The van der Waals surface area contributed by atoms with E-state index < -0.39 is 35.4 Å². The molecule has 0 saturated carbocycles. The Hall–Kier alpha value is -2.67. The average Bonchev–Trinajstić information content (AvgIpc) is 2.89. The highest BCUT2D eigenvalue weighted by molar-refractivity contribution is 5.73. The van der Waals surface area contributed by atoms with Crippen LogP contribution in [-0.2, 0) is 6.61 Å². The molecule has 3 nitrogen and oxygen atoms in total. The third kappa shape index (κ3) is 2.70. The third-order valence-corrected chi connectivity index (χ3v) is 3.27. The largest absolute Gasteiger partial charge is 0.391 e. The molecule has 0 aliphatic rings. The molecule has 23 heavy (non-hydrogen) atoms. The van der Waals surface area contributed by atoms with Gasteiger partial charge in [0.1, 0.15) is 29.0 Å². The van der Waals surface area contributed by atoms with Gasteiger partial charge in [-0.15, -0.1) is 0 Å². The van der Waals surface area contributed by atoms with Crippen molar-refractivity contribution in [3.8, 4) is 22.6 Å². The lowest BCUT2D eigenvalue weighted by Gasteiger charge is -2.04. The van der Waals surface area contributed by atoms with Crippen LogP contribution in [0.15, 0.2) is 40.9 Å². The molecular weight excluding hydrogens is 314 g/mol. The summed E-state index contributed by atoms with van der Waals surface area (Å²) in [5, 5.41) is 13.1. The van der Waals surface area contributed by atoms with E-state index in [0.717, 1.165) is 24.3 Å². The van der Waals surface area contributed by atoms with Crippen LogP contribution in [0.4, 0.5) is 17.6 Å². The van der Waals surface area contributed by atoms with Crippen LogP contribution in [0.5, 0.6) is 0 Å². The summed E-state index contributed by atoms with van der Waals surface area (Å²) in [6.45, 7) is -0.680. The van der Waals surface area contributed by atoms with Crippen LogP contribution in [0.1, 0.15) is 5.56 Å². The van der Waals surface area contributed by atoms with E-state index in [1.54, 1.807) is 0 Å². The van der Waals surface area contributed by atoms with Gasteiger partial charge >= 0.3 is 0 Å². The standard InChI is InChI=1S/C16H9F4NO2/c17-9-4-8(5-10(18)6-9)16-11(7-22)15(21-23-16)14-12(19)2-1-3-13(14)20/h1-6,22H,7H2. The molecule has 1 aromatic heterocycles. The van der Waals surface area contributed by atoms with Gasteiger partial charge in [-0.25, -0.2) is 17.6 Å². The predicted molar refractivity (Wildman–Crippen MR) is 73.1 cm³/mol. The summed E-state index contributed by atoms with van der Waals surface area (Å²) in [7, 11) is 0. The van der Waals surface area contributed by atoms with Crippen molar-refractivity contribution in [1.82, 2.24) is 5.16 Å². The number of rotatable bonds is 3. The van der Waals surface area contributed by atoms with Gasteiger partial charge in [0.25, 0.3) is 0 Å². The molecular formula is C16H9F4NO2. The number of halogens is 4. The molecule has 0 aliphatic heterocycles. The van der Waals surface area contributed by atoms with E-state index in [-0.39, 0.29) is 22.6 Å². The minimum Gasteiger partial charge on any atom is -0.391 e. The molecule has 0 saturated heterocycles. The molecule has 0 aliphatic carbocycles. The molecule has 0 atom stereocenters. The molecule has 118 valence electrons. The molecule has 2 aromatic carbocycles. The van der Waals surface area contributed by atoms with Crippen LogP contribution < -0.4 is 0 Å². The molecule has 0 radical (unpaired) electrons. The minimum atomic E-state index is -0.898. The van der Waals surface area contributed by atoms with Crippen LogP contribution in [-0.4, -0.2) is 10.3 Å². The maximum absolute atomic E-state index is 13.9. The molecule has 0 spiro atoms. The Balaban J connectivity index is 2.21. The van der Waals surface area contributed by atoms with E-state index in [4.69, 9.17) is 4.52 Å². The van der Waals surface area contributed by atoms with Gasteiger partial charge in [-0.05, 0) is 24.3 Å². The molecule has 7 heteroatoms. The zero-order valence-corrected chi connectivity index (χ0v) is 11.5. The summed E-state index contributed by atoms with van der Waals surface area (Å²) in [6, 6.07) is 5.81. The summed E-state index contributed by atoms with van der Waals surface area (Å²) in [6.07, 6.45) is 0. The van der Waals surface area contributed by atoms with Gasteiger partial charge in [0.2, 0.25) is 0 Å². The third-order valence-electron chi connectivity index (χ3n) is 3.27. The summed E-state index contributed by atoms with van der Waals surface area (Å²) in [4.78, 5) is 0. The van der Waals surface area contributed by atoms with Crippen molar-refractivity contribution in [2.75, 3.05) is 0 Å². The summed E-state index contributed by atoms with van der Waals surface area (Å²) >= 11 is 0. The Labute approximate surface area is 127 Å². The van der Waals surface area contributed by atoms with Crippen LogP contribution in [0.3, 0.4) is 0 Å². The van der Waals surface area contributed by atoms with Gasteiger partial charge in [0.05, 0.1) is 17.7 Å².